The molecule has 0 aliphatic carbocycles. The fourth-order valence-electron chi connectivity index (χ4n) is 2.30. The Hall–Kier alpha value is -1.32. The van der Waals surface area contributed by atoms with Gasteiger partial charge in [-0.15, -0.1) is 0 Å². The summed E-state index contributed by atoms with van der Waals surface area (Å²) in [4.78, 5) is 4.42. The van der Waals surface area contributed by atoms with Crippen molar-refractivity contribution in [2.75, 3.05) is 6.54 Å². The number of aromatic nitrogens is 2. The summed E-state index contributed by atoms with van der Waals surface area (Å²) in [6.07, 6.45) is 5.75. The highest BCUT2D eigenvalue weighted by atomic mass is 35.5. The van der Waals surface area contributed by atoms with Gasteiger partial charge in [-0.05, 0) is 37.1 Å². The molecule has 0 bridgehead atoms. The predicted molar refractivity (Wildman–Crippen MR) is 84.1 cm³/mol. The zero-order valence-corrected chi connectivity index (χ0v) is 13.1. The quantitative estimate of drug-likeness (QED) is 0.880. The van der Waals surface area contributed by atoms with Crippen LogP contribution in [-0.2, 0) is 13.5 Å². The van der Waals surface area contributed by atoms with E-state index in [1.54, 1.807) is 0 Å². The van der Waals surface area contributed by atoms with Crippen LogP contribution in [0.1, 0.15) is 36.3 Å². The Morgan fingerprint density at radius 2 is 2.20 bits per heavy atom. The highest BCUT2D eigenvalue weighted by molar-refractivity contribution is 6.31. The molecule has 0 saturated carbocycles. The van der Waals surface area contributed by atoms with Gasteiger partial charge in [0.25, 0.3) is 0 Å². The molecule has 108 valence electrons. The number of halogens is 1. The van der Waals surface area contributed by atoms with Gasteiger partial charge in [0, 0.05) is 36.9 Å². The predicted octanol–water partition coefficient (Wildman–Crippen LogP) is 3.67. The minimum Gasteiger partial charge on any atom is -0.338 e. The SMILES string of the molecule is CCCNC(Cc1nccn1C)c1ccc(C)cc1Cl. The molecular weight excluding hydrogens is 270 g/mol. The summed E-state index contributed by atoms with van der Waals surface area (Å²) in [7, 11) is 2.02. The highest BCUT2D eigenvalue weighted by Crippen LogP contribution is 2.26. The molecule has 0 aliphatic rings. The first kappa shape index (κ1) is 15.1. The molecule has 2 rings (SSSR count). The smallest absolute Gasteiger partial charge is 0.110 e. The minimum atomic E-state index is 0.198. The molecule has 1 unspecified atom stereocenters. The first-order chi connectivity index (χ1) is 9.61. The van der Waals surface area contributed by atoms with Crippen molar-refractivity contribution in [1.82, 2.24) is 14.9 Å². The third kappa shape index (κ3) is 3.62. The van der Waals surface area contributed by atoms with E-state index in [0.717, 1.165) is 35.8 Å². The van der Waals surface area contributed by atoms with E-state index in [1.807, 2.05) is 25.5 Å². The second kappa shape index (κ2) is 6.91. The van der Waals surface area contributed by atoms with Crippen molar-refractivity contribution >= 4 is 11.6 Å². The molecule has 1 heterocycles. The summed E-state index contributed by atoms with van der Waals surface area (Å²) in [5, 5.41) is 4.40. The van der Waals surface area contributed by atoms with E-state index in [9.17, 15) is 0 Å². The summed E-state index contributed by atoms with van der Waals surface area (Å²) in [5.74, 6) is 1.07. The second-order valence-electron chi connectivity index (χ2n) is 5.19. The maximum atomic E-state index is 6.42. The summed E-state index contributed by atoms with van der Waals surface area (Å²) in [5.41, 5.74) is 2.33. The normalized spacial score (nSPS) is 12.6. The Labute approximate surface area is 126 Å². The number of nitrogens with one attached hydrogen (secondary N) is 1. The van der Waals surface area contributed by atoms with E-state index in [2.05, 4.69) is 40.8 Å². The van der Waals surface area contributed by atoms with Crippen molar-refractivity contribution in [3.05, 3.63) is 52.6 Å². The van der Waals surface area contributed by atoms with Gasteiger partial charge < -0.3 is 9.88 Å². The number of hydrogen-bond acceptors (Lipinski definition) is 2. The van der Waals surface area contributed by atoms with Gasteiger partial charge in [-0.25, -0.2) is 4.98 Å². The average Bonchev–Trinajstić information content (AvgIpc) is 2.80. The molecule has 20 heavy (non-hydrogen) atoms. The van der Waals surface area contributed by atoms with Gasteiger partial charge in [0.05, 0.1) is 0 Å². The van der Waals surface area contributed by atoms with Crippen molar-refractivity contribution in [2.24, 2.45) is 7.05 Å². The molecule has 1 aromatic carbocycles. The second-order valence-corrected chi connectivity index (χ2v) is 5.60. The van der Waals surface area contributed by atoms with Crippen LogP contribution in [-0.4, -0.2) is 16.1 Å². The number of nitrogens with zero attached hydrogens (tertiary/aromatic N) is 2. The van der Waals surface area contributed by atoms with Gasteiger partial charge in [-0.3, -0.25) is 0 Å². The molecule has 4 heteroatoms. The van der Waals surface area contributed by atoms with Crippen molar-refractivity contribution in [3.63, 3.8) is 0 Å². The molecule has 3 nitrogen and oxygen atoms in total. The summed E-state index contributed by atoms with van der Waals surface area (Å²) >= 11 is 6.42. The largest absolute Gasteiger partial charge is 0.338 e. The Bertz CT molecular complexity index is 563. The Balaban J connectivity index is 2.24. The Kier molecular flexibility index (Phi) is 5.21. The fourth-order valence-corrected chi connectivity index (χ4v) is 2.67. The van der Waals surface area contributed by atoms with Crippen LogP contribution in [0.5, 0.6) is 0 Å². The lowest BCUT2D eigenvalue weighted by Crippen LogP contribution is -2.25. The monoisotopic (exact) mass is 291 g/mol. The van der Waals surface area contributed by atoms with Crippen LogP contribution in [0, 0.1) is 6.92 Å². The number of hydrogen-bond donors (Lipinski definition) is 1. The Morgan fingerprint density at radius 3 is 2.80 bits per heavy atom. The van der Waals surface area contributed by atoms with E-state index >= 15 is 0 Å². The van der Waals surface area contributed by atoms with E-state index in [-0.39, 0.29) is 6.04 Å². The molecule has 0 radical (unpaired) electrons. The summed E-state index contributed by atoms with van der Waals surface area (Å²) in [6, 6.07) is 6.45. The van der Waals surface area contributed by atoms with Gasteiger partial charge >= 0.3 is 0 Å². The van der Waals surface area contributed by atoms with Crippen molar-refractivity contribution in [1.29, 1.82) is 0 Å². The third-order valence-corrected chi connectivity index (χ3v) is 3.81. The molecule has 1 aromatic heterocycles. The number of rotatable bonds is 6. The maximum Gasteiger partial charge on any atom is 0.110 e. The molecular formula is C16H22ClN3. The lowest BCUT2D eigenvalue weighted by Gasteiger charge is -2.20. The van der Waals surface area contributed by atoms with Gasteiger partial charge in [0.15, 0.2) is 0 Å². The summed E-state index contributed by atoms with van der Waals surface area (Å²) in [6.45, 7) is 5.20. The molecule has 0 saturated heterocycles. The molecule has 0 fully saturated rings. The third-order valence-electron chi connectivity index (χ3n) is 3.48. The van der Waals surface area contributed by atoms with Crippen LogP contribution in [0.4, 0.5) is 0 Å². The van der Waals surface area contributed by atoms with Crippen LogP contribution in [0.15, 0.2) is 30.6 Å². The van der Waals surface area contributed by atoms with Gasteiger partial charge in [-0.1, -0.05) is 30.7 Å². The highest BCUT2D eigenvalue weighted by Gasteiger charge is 2.16. The lowest BCUT2D eigenvalue weighted by atomic mass is 10.0. The van der Waals surface area contributed by atoms with E-state index < -0.39 is 0 Å². The van der Waals surface area contributed by atoms with E-state index in [4.69, 9.17) is 11.6 Å². The Morgan fingerprint density at radius 1 is 1.40 bits per heavy atom. The number of aryl methyl sites for hydroxylation is 2. The van der Waals surface area contributed by atoms with Gasteiger partial charge in [-0.2, -0.15) is 0 Å². The first-order valence-electron chi connectivity index (χ1n) is 7.07. The van der Waals surface area contributed by atoms with E-state index in [0.29, 0.717) is 0 Å². The van der Waals surface area contributed by atoms with E-state index in [1.165, 1.54) is 5.56 Å². The van der Waals surface area contributed by atoms with Crippen molar-refractivity contribution in [2.45, 2.75) is 32.7 Å². The molecule has 0 spiro atoms. The standard InChI is InChI=1S/C16H22ClN3/c1-4-7-18-15(11-16-19-8-9-20(16)3)13-6-5-12(2)10-14(13)17/h5-6,8-10,15,18H,4,7,11H2,1-3H3. The fraction of sp³-hybridized carbons (Fsp3) is 0.438. The van der Waals surface area contributed by atoms with Crippen LogP contribution in [0.25, 0.3) is 0 Å². The number of imidazole rings is 1. The van der Waals surface area contributed by atoms with Crippen LogP contribution >= 0.6 is 11.6 Å². The summed E-state index contributed by atoms with van der Waals surface area (Å²) < 4.78 is 2.06. The number of benzene rings is 1. The van der Waals surface area contributed by atoms with Crippen LogP contribution < -0.4 is 5.32 Å². The minimum absolute atomic E-state index is 0.198. The molecule has 0 amide bonds. The van der Waals surface area contributed by atoms with Gasteiger partial charge in [0.1, 0.15) is 5.82 Å². The van der Waals surface area contributed by atoms with Crippen LogP contribution in [0.3, 0.4) is 0 Å². The van der Waals surface area contributed by atoms with Crippen LogP contribution in [0.2, 0.25) is 5.02 Å². The molecule has 2 aromatic rings. The average molecular weight is 292 g/mol. The molecule has 1 atom stereocenters. The van der Waals surface area contributed by atoms with Crippen molar-refractivity contribution in [3.8, 4) is 0 Å². The molecule has 1 N–H and O–H groups in total. The molecule has 0 aliphatic heterocycles. The van der Waals surface area contributed by atoms with Gasteiger partial charge in [0.2, 0.25) is 0 Å². The van der Waals surface area contributed by atoms with Crippen molar-refractivity contribution < 1.29 is 0 Å². The maximum absolute atomic E-state index is 6.42. The topological polar surface area (TPSA) is 29.9 Å². The first-order valence-corrected chi connectivity index (χ1v) is 7.45. The zero-order valence-electron chi connectivity index (χ0n) is 12.4. The lowest BCUT2D eigenvalue weighted by molar-refractivity contribution is 0.512. The zero-order chi connectivity index (χ0) is 14.5.